The first-order chi connectivity index (χ1) is 28.5. The van der Waals surface area contributed by atoms with Crippen LogP contribution < -0.4 is 14.8 Å². The molecule has 2 N–H and O–H groups in total. The summed E-state index contributed by atoms with van der Waals surface area (Å²) in [6, 6.07) is 6.50. The number of carbonyl (C=O) groups is 3. The molecule has 0 bridgehead atoms. The Kier molecular flexibility index (Phi) is 12.6. The molecule has 1 saturated heterocycles. The Morgan fingerprint density at radius 2 is 1.92 bits per heavy atom. The maximum atomic E-state index is 14.9. The molecule has 3 fully saturated rings. The number of allylic oxidation sites excluding steroid dienone is 1. The van der Waals surface area contributed by atoms with Gasteiger partial charge in [0.2, 0.25) is 19.2 Å². The van der Waals surface area contributed by atoms with Gasteiger partial charge in [-0.1, -0.05) is 26.8 Å². The fourth-order valence-corrected chi connectivity index (χ4v) is 11.9. The number of aromatic nitrogens is 3. The van der Waals surface area contributed by atoms with E-state index >= 15 is 0 Å². The molecule has 1 unspecified atom stereocenters. The summed E-state index contributed by atoms with van der Waals surface area (Å²) in [5, 5.41) is 5.42. The van der Waals surface area contributed by atoms with Crippen molar-refractivity contribution < 1.29 is 42.5 Å². The number of nitrogens with one attached hydrogen (secondary N) is 1. The molecule has 0 spiro atoms. The molecule has 0 radical (unpaired) electrons. The number of hydrogen-bond acceptors (Lipinski definition) is 13. The molecule has 7 rings (SSSR count). The van der Waals surface area contributed by atoms with Gasteiger partial charge in [-0.05, 0) is 69.4 Å². The zero-order valence-electron chi connectivity index (χ0n) is 35.2. The first-order valence-corrected chi connectivity index (χ1v) is 23.5. The van der Waals surface area contributed by atoms with Crippen LogP contribution >= 0.6 is 18.7 Å². The van der Waals surface area contributed by atoms with Crippen molar-refractivity contribution in [3.05, 3.63) is 60.7 Å². The van der Waals surface area contributed by atoms with Gasteiger partial charge in [0, 0.05) is 41.8 Å². The predicted molar refractivity (Wildman–Crippen MR) is 229 cm³/mol. The Morgan fingerprint density at radius 1 is 1.15 bits per heavy atom. The summed E-state index contributed by atoms with van der Waals surface area (Å²) in [6.07, 6.45) is 6.80. The molecule has 2 aliphatic carbocycles. The van der Waals surface area contributed by atoms with Crippen LogP contribution in [0, 0.1) is 17.3 Å². The van der Waals surface area contributed by atoms with E-state index in [-0.39, 0.29) is 68.1 Å². The molecule has 6 atom stereocenters. The van der Waals surface area contributed by atoms with E-state index in [1.807, 2.05) is 64.3 Å². The summed E-state index contributed by atoms with van der Waals surface area (Å²) in [6.45, 7) is 13.7. The van der Waals surface area contributed by atoms with E-state index in [1.165, 1.54) is 28.7 Å². The van der Waals surface area contributed by atoms with Crippen LogP contribution in [-0.2, 0) is 29.8 Å². The van der Waals surface area contributed by atoms with E-state index in [0.29, 0.717) is 33.8 Å². The molecule has 2 saturated carbocycles. The SMILES string of the molecule is C=C[C@@H]1C[C@]1(CC(=O)[C@@H]1C[C@@H](Oc2cc(-c3csc(NC(C)C)n3)nc3cc(OC)ccc23)CN1C(=O)[C@@H](CC(=O)OC1CCCC1)C(C)(C)C)P(=O)(O)Cc1ncco1. The van der Waals surface area contributed by atoms with Crippen LogP contribution in [0.5, 0.6) is 11.5 Å². The Morgan fingerprint density at radius 3 is 2.57 bits per heavy atom. The van der Waals surface area contributed by atoms with Crippen LogP contribution in [0.1, 0.15) is 91.9 Å². The molecule has 1 aromatic carbocycles. The van der Waals surface area contributed by atoms with Gasteiger partial charge in [-0.25, -0.2) is 15.0 Å². The summed E-state index contributed by atoms with van der Waals surface area (Å²) >= 11 is 1.47. The minimum Gasteiger partial charge on any atom is -0.497 e. The van der Waals surface area contributed by atoms with Crippen LogP contribution in [0.3, 0.4) is 0 Å². The highest BCUT2D eigenvalue weighted by molar-refractivity contribution is 7.59. The van der Waals surface area contributed by atoms with Crippen molar-refractivity contribution in [2.24, 2.45) is 17.3 Å². The zero-order valence-corrected chi connectivity index (χ0v) is 36.9. The summed E-state index contributed by atoms with van der Waals surface area (Å²) in [4.78, 5) is 69.9. The number of fused-ring (bicyclic) bond motifs is 1. The lowest BCUT2D eigenvalue weighted by molar-refractivity contribution is -0.156. The number of nitrogens with zero attached hydrogens (tertiary/aromatic N) is 4. The number of ketones is 1. The lowest BCUT2D eigenvalue weighted by Crippen LogP contribution is -2.48. The van der Waals surface area contributed by atoms with Gasteiger partial charge in [0.1, 0.15) is 41.8 Å². The van der Waals surface area contributed by atoms with Crippen molar-refractivity contribution in [3.8, 4) is 22.9 Å². The number of benzene rings is 1. The van der Waals surface area contributed by atoms with E-state index in [4.69, 9.17) is 28.6 Å². The van der Waals surface area contributed by atoms with Crippen LogP contribution in [0.25, 0.3) is 22.3 Å². The fourth-order valence-electron chi connectivity index (χ4n) is 8.66. The van der Waals surface area contributed by atoms with Crippen molar-refractivity contribution >= 4 is 52.4 Å². The number of methoxy groups -OCH3 is 1. The van der Waals surface area contributed by atoms with Gasteiger partial charge in [-0.2, -0.15) is 0 Å². The van der Waals surface area contributed by atoms with Crippen molar-refractivity contribution in [1.29, 1.82) is 0 Å². The molecule has 322 valence electrons. The number of amides is 1. The van der Waals surface area contributed by atoms with Crippen molar-refractivity contribution in [1.82, 2.24) is 19.9 Å². The third kappa shape index (κ3) is 9.33. The Balaban J connectivity index is 1.22. The number of carbonyl (C=O) groups excluding carboxylic acids is 3. The number of Topliss-reactive ketones (excluding diaryl/α,β-unsaturated/α-hetero) is 1. The number of ether oxygens (including phenoxy) is 3. The third-order valence-corrected chi connectivity index (χ3v) is 15.6. The molecule has 14 nitrogen and oxygen atoms in total. The first-order valence-electron chi connectivity index (χ1n) is 20.7. The number of esters is 1. The van der Waals surface area contributed by atoms with E-state index in [9.17, 15) is 23.8 Å². The Bertz CT molecular complexity index is 2270. The minimum atomic E-state index is -4.08. The fraction of sp³-hybridized carbons (Fsp3) is 0.545. The smallest absolute Gasteiger partial charge is 0.306 e. The Labute approximate surface area is 355 Å². The van der Waals surface area contributed by atoms with Crippen molar-refractivity contribution in [2.75, 3.05) is 19.0 Å². The average molecular weight is 862 g/mol. The molecule has 1 aliphatic heterocycles. The van der Waals surface area contributed by atoms with Crippen LogP contribution in [0.15, 0.2) is 59.2 Å². The van der Waals surface area contributed by atoms with Gasteiger partial charge in [-0.15, -0.1) is 17.9 Å². The highest BCUT2D eigenvalue weighted by atomic mass is 32.1. The molecular formula is C44H56N5O9PS. The highest BCUT2D eigenvalue weighted by Gasteiger charge is 2.65. The predicted octanol–water partition coefficient (Wildman–Crippen LogP) is 8.44. The Hall–Kier alpha value is -4.59. The molecule has 4 aromatic rings. The summed E-state index contributed by atoms with van der Waals surface area (Å²) in [5.74, 6) is -1.18. The summed E-state index contributed by atoms with van der Waals surface area (Å²) in [7, 11) is -2.50. The van der Waals surface area contributed by atoms with E-state index in [0.717, 1.165) is 30.8 Å². The molecule has 3 aliphatic rings. The molecule has 16 heteroatoms. The average Bonchev–Trinajstić information content (AvgIpc) is 3.81. The summed E-state index contributed by atoms with van der Waals surface area (Å²) in [5.41, 5.74) is 1.15. The van der Waals surface area contributed by atoms with E-state index < -0.39 is 47.9 Å². The van der Waals surface area contributed by atoms with Crippen molar-refractivity contribution in [3.63, 3.8) is 0 Å². The number of anilines is 1. The van der Waals surface area contributed by atoms with Gasteiger partial charge in [0.05, 0.1) is 54.6 Å². The second-order valence-electron chi connectivity index (χ2n) is 17.8. The number of likely N-dealkylation sites (tertiary alicyclic amines) is 1. The standard InChI is InChI=1S/C44H56N5O9PS/c1-8-27-21-44(27,59(53,54)24-39-45-15-16-56-39)22-37(50)36-18-30(23-49(36)41(52)32(43(4,5)6)19-40(51)58-28-11-9-10-12-28)57-38-20-34(35-25-60-42(48-35)46-26(2)3)47-33-17-29(55-7)13-14-31(33)38/h8,13-17,20,25-28,30,32,36H,1,9-12,18-19,21-24H2,2-7H3,(H,46,48)(H,53,54)/t27-,30-,32-,36+,44-/m1/s1. The normalized spacial score (nSPS) is 23.3. The maximum Gasteiger partial charge on any atom is 0.306 e. The lowest BCUT2D eigenvalue weighted by atomic mass is 9.77. The quantitative estimate of drug-likeness (QED) is 0.0587. The van der Waals surface area contributed by atoms with Gasteiger partial charge in [0.15, 0.2) is 10.9 Å². The number of thiazole rings is 1. The van der Waals surface area contributed by atoms with Gasteiger partial charge < -0.3 is 33.7 Å². The largest absolute Gasteiger partial charge is 0.497 e. The second kappa shape index (κ2) is 17.4. The maximum absolute atomic E-state index is 14.9. The molecule has 1 amide bonds. The number of pyridine rings is 1. The zero-order chi connectivity index (χ0) is 43.0. The van der Waals surface area contributed by atoms with Gasteiger partial charge in [-0.3, -0.25) is 18.9 Å². The van der Waals surface area contributed by atoms with Crippen LogP contribution in [0.4, 0.5) is 5.13 Å². The molecular weight excluding hydrogens is 806 g/mol. The van der Waals surface area contributed by atoms with E-state index in [2.05, 4.69) is 16.9 Å². The summed E-state index contributed by atoms with van der Waals surface area (Å²) < 4.78 is 37.7. The topological polar surface area (TPSA) is 183 Å². The van der Waals surface area contributed by atoms with Crippen LogP contribution in [0.2, 0.25) is 0 Å². The molecule has 60 heavy (non-hydrogen) atoms. The lowest BCUT2D eigenvalue weighted by Gasteiger charge is -2.35. The number of hydrogen-bond donors (Lipinski definition) is 2. The monoisotopic (exact) mass is 861 g/mol. The minimum absolute atomic E-state index is 0.0406. The van der Waals surface area contributed by atoms with E-state index in [1.54, 1.807) is 13.2 Å². The number of rotatable bonds is 17. The van der Waals surface area contributed by atoms with Crippen molar-refractivity contribution in [2.45, 2.75) is 122 Å². The molecule has 3 aromatic heterocycles. The van der Waals surface area contributed by atoms with Crippen LogP contribution in [-0.4, -0.2) is 85.5 Å². The molecule has 4 heterocycles. The second-order valence-corrected chi connectivity index (χ2v) is 21.3. The number of oxazole rings is 1. The highest BCUT2D eigenvalue weighted by Crippen LogP contribution is 2.74. The third-order valence-electron chi connectivity index (χ3n) is 12.1. The van der Waals surface area contributed by atoms with Gasteiger partial charge >= 0.3 is 5.97 Å². The first kappa shape index (κ1) is 43.5. The van der Waals surface area contributed by atoms with Gasteiger partial charge in [0.25, 0.3) is 0 Å².